The van der Waals surface area contributed by atoms with Crippen molar-refractivity contribution in [2.45, 2.75) is 49.9 Å². The van der Waals surface area contributed by atoms with Crippen LogP contribution in [0.15, 0.2) is 12.7 Å². The average molecular weight is 480 g/mol. The maximum Gasteiger partial charge on any atom is 0.310 e. The van der Waals surface area contributed by atoms with Crippen molar-refractivity contribution in [1.82, 2.24) is 14.7 Å². The van der Waals surface area contributed by atoms with Crippen LogP contribution in [0.4, 0.5) is 0 Å². The summed E-state index contributed by atoms with van der Waals surface area (Å²) in [5, 5.41) is 19.5. The molecule has 2 N–H and O–H groups in total. The lowest BCUT2D eigenvalue weighted by atomic mass is 9.65. The van der Waals surface area contributed by atoms with E-state index in [1.165, 1.54) is 4.90 Å². The molecule has 2 unspecified atom stereocenters. The van der Waals surface area contributed by atoms with Gasteiger partial charge in [-0.05, 0) is 25.7 Å². The summed E-state index contributed by atoms with van der Waals surface area (Å²) in [6.07, 6.45) is 3.43. The average Bonchev–Trinajstić information content (AvgIpc) is 3.44. The van der Waals surface area contributed by atoms with Crippen molar-refractivity contribution in [3.05, 3.63) is 12.7 Å². The third-order valence-corrected chi connectivity index (χ3v) is 8.19. The number of likely N-dealkylation sites (tertiary alicyclic amines) is 1. The molecule has 34 heavy (non-hydrogen) atoms. The molecule has 0 aromatic rings. The number of carboxylic acid groups (broad SMARTS) is 1. The number of carboxylic acids is 1. The second-order valence-corrected chi connectivity index (χ2v) is 9.81. The molecule has 4 fully saturated rings. The van der Waals surface area contributed by atoms with E-state index < -0.39 is 35.0 Å². The Morgan fingerprint density at radius 3 is 2.62 bits per heavy atom. The molecule has 0 aliphatic carbocycles. The summed E-state index contributed by atoms with van der Waals surface area (Å²) in [5.74, 6) is -3.50. The highest BCUT2D eigenvalue weighted by Crippen LogP contribution is 2.64. The maximum atomic E-state index is 14.1. The Morgan fingerprint density at radius 1 is 1.26 bits per heavy atom. The van der Waals surface area contributed by atoms with Gasteiger partial charge in [0.2, 0.25) is 11.8 Å². The van der Waals surface area contributed by atoms with Crippen LogP contribution in [0, 0.1) is 11.8 Å². The molecule has 0 aromatic carbocycles. The summed E-state index contributed by atoms with van der Waals surface area (Å²) in [5.41, 5.74) is -2.08. The minimum atomic E-state index is -1.15. The Bertz CT molecular complexity index is 816. The quantitative estimate of drug-likeness (QED) is 0.396. The number of ether oxygens (including phenoxy) is 2. The first-order valence-electron chi connectivity index (χ1n) is 12.4. The van der Waals surface area contributed by atoms with Crippen LogP contribution in [0.2, 0.25) is 0 Å². The molecule has 190 valence electrons. The normalized spacial score (nSPS) is 34.9. The van der Waals surface area contributed by atoms with Crippen molar-refractivity contribution < 1.29 is 34.1 Å². The third-order valence-electron chi connectivity index (χ3n) is 8.19. The molecular formula is C24H37N3O7. The van der Waals surface area contributed by atoms with Gasteiger partial charge < -0.3 is 29.5 Å². The summed E-state index contributed by atoms with van der Waals surface area (Å²) in [6.45, 7) is 10.1. The first-order chi connectivity index (χ1) is 16.3. The Kier molecular flexibility index (Phi) is 7.33. The zero-order chi connectivity index (χ0) is 24.5. The summed E-state index contributed by atoms with van der Waals surface area (Å²) >= 11 is 0. The lowest BCUT2D eigenvalue weighted by molar-refractivity contribution is -0.158. The summed E-state index contributed by atoms with van der Waals surface area (Å²) in [7, 11) is 0. The summed E-state index contributed by atoms with van der Waals surface area (Å²) < 4.78 is 11.9. The number of carbonyl (C=O) groups is 3. The zero-order valence-electron chi connectivity index (χ0n) is 20.0. The van der Waals surface area contributed by atoms with E-state index in [9.17, 15) is 24.6 Å². The predicted octanol–water partition coefficient (Wildman–Crippen LogP) is -0.0450. The molecule has 2 bridgehead atoms. The topological polar surface area (TPSA) is 120 Å². The Balaban J connectivity index is 1.65. The van der Waals surface area contributed by atoms with Crippen LogP contribution in [0.5, 0.6) is 0 Å². The van der Waals surface area contributed by atoms with E-state index in [1.807, 2.05) is 6.92 Å². The lowest BCUT2D eigenvalue weighted by Crippen LogP contribution is -2.57. The van der Waals surface area contributed by atoms with E-state index >= 15 is 0 Å². The monoisotopic (exact) mass is 479 g/mol. The van der Waals surface area contributed by atoms with Gasteiger partial charge in [0.15, 0.2) is 0 Å². The number of aliphatic hydroxyl groups is 1. The number of hydrogen-bond acceptors (Lipinski definition) is 7. The number of aliphatic carboxylic acids is 1. The lowest BCUT2D eigenvalue weighted by Gasteiger charge is -2.37. The molecular weight excluding hydrogens is 442 g/mol. The predicted molar refractivity (Wildman–Crippen MR) is 122 cm³/mol. The second kappa shape index (κ2) is 9.93. The number of fused-ring (bicyclic) bond motifs is 1. The molecule has 0 aromatic heterocycles. The van der Waals surface area contributed by atoms with Crippen LogP contribution >= 0.6 is 0 Å². The molecule has 0 radical (unpaired) electrons. The van der Waals surface area contributed by atoms with Crippen LogP contribution in [0.1, 0.15) is 32.6 Å². The molecule has 4 aliphatic rings. The molecule has 0 saturated carbocycles. The minimum absolute atomic E-state index is 0.127. The van der Waals surface area contributed by atoms with Gasteiger partial charge in [0.05, 0.1) is 24.7 Å². The smallest absolute Gasteiger partial charge is 0.310 e. The van der Waals surface area contributed by atoms with E-state index in [-0.39, 0.29) is 25.0 Å². The van der Waals surface area contributed by atoms with Gasteiger partial charge in [-0.1, -0.05) is 13.0 Å². The Hall–Kier alpha value is -2.01. The van der Waals surface area contributed by atoms with Gasteiger partial charge in [-0.3, -0.25) is 19.3 Å². The van der Waals surface area contributed by atoms with Crippen LogP contribution in [0.25, 0.3) is 0 Å². The molecule has 4 rings (SSSR count). The highest BCUT2D eigenvalue weighted by atomic mass is 16.5. The van der Waals surface area contributed by atoms with Crippen molar-refractivity contribution in [1.29, 1.82) is 0 Å². The van der Waals surface area contributed by atoms with Crippen molar-refractivity contribution in [3.63, 3.8) is 0 Å². The number of rotatable bonds is 11. The highest BCUT2D eigenvalue weighted by molar-refractivity contribution is 5.98. The van der Waals surface area contributed by atoms with Crippen LogP contribution < -0.4 is 0 Å². The molecule has 1 spiro atoms. The van der Waals surface area contributed by atoms with Gasteiger partial charge >= 0.3 is 5.97 Å². The van der Waals surface area contributed by atoms with Gasteiger partial charge in [0.25, 0.3) is 0 Å². The van der Waals surface area contributed by atoms with Gasteiger partial charge in [-0.25, -0.2) is 0 Å². The van der Waals surface area contributed by atoms with Crippen LogP contribution in [-0.2, 0) is 23.9 Å². The van der Waals surface area contributed by atoms with E-state index in [1.54, 1.807) is 11.0 Å². The van der Waals surface area contributed by atoms with E-state index in [0.717, 1.165) is 13.1 Å². The fraction of sp³-hybridized carbons (Fsp3) is 0.792. The zero-order valence-corrected chi connectivity index (χ0v) is 20.0. The van der Waals surface area contributed by atoms with Gasteiger partial charge in [0.1, 0.15) is 17.6 Å². The summed E-state index contributed by atoms with van der Waals surface area (Å²) in [6, 6.07) is -0.904. The molecule has 5 atom stereocenters. The van der Waals surface area contributed by atoms with Crippen LogP contribution in [-0.4, -0.2) is 119 Å². The van der Waals surface area contributed by atoms with E-state index in [2.05, 4.69) is 11.5 Å². The SMILES string of the molecule is C=CCN(CCN1CCOCC1)C(=O)C1N(CCCO)C(=O)[C@@H]2[C@@H](C(=O)O)[C@@]3(CC)CCC12O3. The number of amides is 2. The molecule has 4 heterocycles. The molecule has 4 saturated heterocycles. The molecule has 2 amide bonds. The van der Waals surface area contributed by atoms with Crippen LogP contribution in [0.3, 0.4) is 0 Å². The van der Waals surface area contributed by atoms with Gasteiger partial charge in [-0.2, -0.15) is 0 Å². The first-order valence-corrected chi connectivity index (χ1v) is 12.4. The number of aliphatic hydroxyl groups excluding tert-OH is 1. The fourth-order valence-electron chi connectivity index (χ4n) is 6.56. The third kappa shape index (κ3) is 3.94. The second-order valence-electron chi connectivity index (χ2n) is 9.81. The van der Waals surface area contributed by atoms with Crippen molar-refractivity contribution in [2.24, 2.45) is 11.8 Å². The van der Waals surface area contributed by atoms with Gasteiger partial charge in [0, 0.05) is 45.9 Å². The number of carbonyl (C=O) groups excluding carboxylic acids is 2. The van der Waals surface area contributed by atoms with Crippen molar-refractivity contribution >= 4 is 17.8 Å². The highest BCUT2D eigenvalue weighted by Gasteiger charge is 2.78. The van der Waals surface area contributed by atoms with Crippen molar-refractivity contribution in [2.75, 3.05) is 59.1 Å². The molecule has 10 nitrogen and oxygen atoms in total. The summed E-state index contributed by atoms with van der Waals surface area (Å²) in [4.78, 5) is 45.5. The standard InChI is InChI=1S/C24H37N3O7/c1-3-8-26(11-10-25-12-15-33-16-13-25)21(30)19-24-7-6-23(4-2,34-24)18(22(31)32)17(24)20(29)27(19)9-5-14-28/h3,17-19,28H,1,4-16H2,2H3,(H,31,32)/t17-,18-,19?,23+,24?/m0/s1. The Labute approximate surface area is 200 Å². The maximum absolute atomic E-state index is 14.1. The number of hydrogen-bond donors (Lipinski definition) is 2. The fourth-order valence-corrected chi connectivity index (χ4v) is 6.56. The Morgan fingerprint density at radius 2 is 2.00 bits per heavy atom. The molecule has 10 heteroatoms. The van der Waals surface area contributed by atoms with Gasteiger partial charge in [-0.15, -0.1) is 6.58 Å². The first kappa shape index (κ1) is 25.1. The largest absolute Gasteiger partial charge is 0.481 e. The van der Waals surface area contributed by atoms with E-state index in [4.69, 9.17) is 9.47 Å². The minimum Gasteiger partial charge on any atom is -0.481 e. The van der Waals surface area contributed by atoms with E-state index in [0.29, 0.717) is 58.5 Å². The number of nitrogens with zero attached hydrogens (tertiary/aromatic N) is 3. The van der Waals surface area contributed by atoms with Crippen molar-refractivity contribution in [3.8, 4) is 0 Å². The number of morpholine rings is 1. The molecule has 4 aliphatic heterocycles.